The van der Waals surface area contributed by atoms with Crippen LogP contribution in [-0.2, 0) is 6.54 Å². The van der Waals surface area contributed by atoms with Crippen molar-refractivity contribution in [3.05, 3.63) is 48.0 Å². The summed E-state index contributed by atoms with van der Waals surface area (Å²) < 4.78 is 6.43. The van der Waals surface area contributed by atoms with Gasteiger partial charge in [-0.3, -0.25) is 0 Å². The minimum atomic E-state index is 0.175. The number of phenolic OH excluding ortho intramolecular Hbond substituents is 1. The predicted molar refractivity (Wildman–Crippen MR) is 93.5 cm³/mol. The SMILES string of the molecule is COc1cc(CN(c2nc3ccccc3s2)C2CC2)ccc1O. The fourth-order valence-corrected chi connectivity index (χ4v) is 3.78. The number of anilines is 1. The van der Waals surface area contributed by atoms with E-state index in [1.807, 2.05) is 18.2 Å². The van der Waals surface area contributed by atoms with E-state index in [0.29, 0.717) is 11.8 Å². The van der Waals surface area contributed by atoms with E-state index in [2.05, 4.69) is 23.1 Å². The third kappa shape index (κ3) is 2.84. The molecule has 0 saturated heterocycles. The van der Waals surface area contributed by atoms with E-state index in [4.69, 9.17) is 9.72 Å². The number of hydrogen-bond acceptors (Lipinski definition) is 5. The van der Waals surface area contributed by atoms with Crippen LogP contribution in [0.15, 0.2) is 42.5 Å². The third-order valence-corrected chi connectivity index (χ3v) is 5.19. The molecule has 0 aliphatic heterocycles. The van der Waals surface area contributed by atoms with Crippen LogP contribution < -0.4 is 9.64 Å². The molecular weight excluding hydrogens is 308 g/mol. The van der Waals surface area contributed by atoms with Crippen molar-refractivity contribution in [3.8, 4) is 11.5 Å². The van der Waals surface area contributed by atoms with E-state index < -0.39 is 0 Å². The average Bonchev–Trinajstić information content (AvgIpc) is 3.32. The number of methoxy groups -OCH3 is 1. The lowest BCUT2D eigenvalue weighted by molar-refractivity contribution is 0.373. The standard InChI is InChI=1S/C18H18N2O2S/c1-22-16-10-12(6-9-15(16)21)11-20(13-7-8-13)18-19-14-4-2-3-5-17(14)23-18/h2-6,9-10,13,21H,7-8,11H2,1H3. The van der Waals surface area contributed by atoms with Gasteiger partial charge in [0.25, 0.3) is 0 Å². The molecule has 0 atom stereocenters. The first-order valence-electron chi connectivity index (χ1n) is 7.72. The normalized spacial score (nSPS) is 14.1. The van der Waals surface area contributed by atoms with Gasteiger partial charge in [0.1, 0.15) is 0 Å². The van der Waals surface area contributed by atoms with E-state index in [9.17, 15) is 5.11 Å². The van der Waals surface area contributed by atoms with Crippen molar-refractivity contribution in [3.63, 3.8) is 0 Å². The van der Waals surface area contributed by atoms with Crippen LogP contribution in [0.5, 0.6) is 11.5 Å². The van der Waals surface area contributed by atoms with Gasteiger partial charge in [-0.1, -0.05) is 29.5 Å². The van der Waals surface area contributed by atoms with Crippen molar-refractivity contribution >= 4 is 26.7 Å². The molecule has 4 nitrogen and oxygen atoms in total. The second-order valence-electron chi connectivity index (χ2n) is 5.83. The Morgan fingerprint density at radius 3 is 2.83 bits per heavy atom. The molecule has 4 rings (SSSR count). The molecule has 0 bridgehead atoms. The molecule has 1 aliphatic rings. The van der Waals surface area contributed by atoms with Gasteiger partial charge < -0.3 is 14.7 Å². The fraction of sp³-hybridized carbons (Fsp3) is 0.278. The van der Waals surface area contributed by atoms with Crippen molar-refractivity contribution in [1.29, 1.82) is 0 Å². The molecule has 5 heteroatoms. The molecule has 1 N–H and O–H groups in total. The van der Waals surface area contributed by atoms with Gasteiger partial charge in [-0.2, -0.15) is 0 Å². The zero-order chi connectivity index (χ0) is 15.8. The molecule has 118 valence electrons. The summed E-state index contributed by atoms with van der Waals surface area (Å²) in [6, 6.07) is 14.4. The average molecular weight is 326 g/mol. The van der Waals surface area contributed by atoms with Crippen molar-refractivity contribution in [2.45, 2.75) is 25.4 Å². The molecule has 0 radical (unpaired) electrons. The number of rotatable bonds is 5. The van der Waals surface area contributed by atoms with Crippen molar-refractivity contribution in [2.24, 2.45) is 0 Å². The zero-order valence-corrected chi connectivity index (χ0v) is 13.7. The van der Waals surface area contributed by atoms with E-state index in [0.717, 1.165) is 22.8 Å². The molecule has 0 spiro atoms. The highest BCUT2D eigenvalue weighted by Gasteiger charge is 2.31. The Kier molecular flexibility index (Phi) is 3.58. The van der Waals surface area contributed by atoms with Gasteiger partial charge in [-0.15, -0.1) is 0 Å². The third-order valence-electron chi connectivity index (χ3n) is 4.11. The minimum absolute atomic E-state index is 0.175. The second kappa shape index (κ2) is 5.74. The Bertz CT molecular complexity index is 809. The van der Waals surface area contributed by atoms with E-state index in [1.165, 1.54) is 17.5 Å². The smallest absolute Gasteiger partial charge is 0.186 e. The number of thiazole rings is 1. The lowest BCUT2D eigenvalue weighted by Gasteiger charge is -2.21. The highest BCUT2D eigenvalue weighted by atomic mass is 32.1. The number of ether oxygens (including phenoxy) is 1. The van der Waals surface area contributed by atoms with Crippen LogP contribution in [-0.4, -0.2) is 23.2 Å². The molecular formula is C18H18N2O2S. The van der Waals surface area contributed by atoms with Crippen LogP contribution in [0.1, 0.15) is 18.4 Å². The quantitative estimate of drug-likeness (QED) is 0.764. The van der Waals surface area contributed by atoms with Crippen LogP contribution >= 0.6 is 11.3 Å². The maximum atomic E-state index is 9.75. The van der Waals surface area contributed by atoms with Crippen LogP contribution in [0, 0.1) is 0 Å². The predicted octanol–water partition coefficient (Wildman–Crippen LogP) is 4.18. The molecule has 1 saturated carbocycles. The van der Waals surface area contributed by atoms with E-state index in [-0.39, 0.29) is 5.75 Å². The molecule has 1 heterocycles. The molecule has 23 heavy (non-hydrogen) atoms. The highest BCUT2D eigenvalue weighted by molar-refractivity contribution is 7.22. The summed E-state index contributed by atoms with van der Waals surface area (Å²) in [7, 11) is 1.57. The topological polar surface area (TPSA) is 45.6 Å². The molecule has 0 amide bonds. The molecule has 3 aromatic rings. The minimum Gasteiger partial charge on any atom is -0.504 e. The van der Waals surface area contributed by atoms with Gasteiger partial charge in [0.05, 0.1) is 17.3 Å². The van der Waals surface area contributed by atoms with Crippen LogP contribution in [0.2, 0.25) is 0 Å². The first-order valence-corrected chi connectivity index (χ1v) is 8.54. The lowest BCUT2D eigenvalue weighted by atomic mass is 10.2. The Hall–Kier alpha value is -2.27. The van der Waals surface area contributed by atoms with Crippen molar-refractivity contribution < 1.29 is 9.84 Å². The van der Waals surface area contributed by atoms with Gasteiger partial charge in [0, 0.05) is 12.6 Å². The molecule has 2 aromatic carbocycles. The van der Waals surface area contributed by atoms with Gasteiger partial charge in [0.15, 0.2) is 16.6 Å². The number of benzene rings is 2. The molecule has 0 unspecified atom stereocenters. The summed E-state index contributed by atoms with van der Waals surface area (Å²) in [6.45, 7) is 0.779. The molecule has 1 aliphatic carbocycles. The number of phenols is 1. The van der Waals surface area contributed by atoms with Crippen molar-refractivity contribution in [1.82, 2.24) is 4.98 Å². The number of aromatic hydroxyl groups is 1. The summed E-state index contributed by atoms with van der Waals surface area (Å²) in [5.74, 6) is 0.691. The van der Waals surface area contributed by atoms with Crippen LogP contribution in [0.4, 0.5) is 5.13 Å². The number of hydrogen-bond donors (Lipinski definition) is 1. The van der Waals surface area contributed by atoms with Crippen LogP contribution in [0.3, 0.4) is 0 Å². The Morgan fingerprint density at radius 2 is 2.09 bits per heavy atom. The summed E-state index contributed by atoms with van der Waals surface area (Å²) in [6.07, 6.45) is 2.43. The van der Waals surface area contributed by atoms with Crippen LogP contribution in [0.25, 0.3) is 10.2 Å². The number of fused-ring (bicyclic) bond motifs is 1. The van der Waals surface area contributed by atoms with Gasteiger partial charge in [-0.25, -0.2) is 4.98 Å². The van der Waals surface area contributed by atoms with E-state index >= 15 is 0 Å². The maximum Gasteiger partial charge on any atom is 0.186 e. The summed E-state index contributed by atoms with van der Waals surface area (Å²) in [4.78, 5) is 7.17. The first-order chi connectivity index (χ1) is 11.2. The summed E-state index contributed by atoms with van der Waals surface area (Å²) in [5, 5.41) is 10.8. The monoisotopic (exact) mass is 326 g/mol. The van der Waals surface area contributed by atoms with Gasteiger partial charge in [-0.05, 0) is 42.7 Å². The number of nitrogens with zero attached hydrogens (tertiary/aromatic N) is 2. The maximum absolute atomic E-state index is 9.75. The summed E-state index contributed by atoms with van der Waals surface area (Å²) >= 11 is 1.74. The second-order valence-corrected chi connectivity index (χ2v) is 6.84. The largest absolute Gasteiger partial charge is 0.504 e. The first kappa shape index (κ1) is 14.3. The number of aromatic nitrogens is 1. The molecule has 1 fully saturated rings. The molecule has 1 aromatic heterocycles. The Balaban J connectivity index is 1.66. The Labute approximate surface area is 139 Å². The fourth-order valence-electron chi connectivity index (χ4n) is 2.74. The lowest BCUT2D eigenvalue weighted by Crippen LogP contribution is -2.24. The van der Waals surface area contributed by atoms with Gasteiger partial charge >= 0.3 is 0 Å². The Morgan fingerprint density at radius 1 is 1.26 bits per heavy atom. The van der Waals surface area contributed by atoms with E-state index in [1.54, 1.807) is 24.5 Å². The van der Waals surface area contributed by atoms with Gasteiger partial charge in [0.2, 0.25) is 0 Å². The van der Waals surface area contributed by atoms with Crippen molar-refractivity contribution in [2.75, 3.05) is 12.0 Å². The zero-order valence-electron chi connectivity index (χ0n) is 12.9. The highest BCUT2D eigenvalue weighted by Crippen LogP contribution is 2.38. The number of para-hydroxylation sites is 1. The summed E-state index contributed by atoms with van der Waals surface area (Å²) in [5.41, 5.74) is 2.17.